The third-order valence-electron chi connectivity index (χ3n) is 6.29. The van der Waals surface area contributed by atoms with E-state index in [1.54, 1.807) is 0 Å². The van der Waals surface area contributed by atoms with E-state index in [0.717, 1.165) is 18.8 Å². The first-order valence-corrected chi connectivity index (χ1v) is 8.23. The lowest BCUT2D eigenvalue weighted by molar-refractivity contribution is -0.134. The number of rotatable bonds is 2. The average Bonchev–Trinajstić information content (AvgIpc) is 2.31. The van der Waals surface area contributed by atoms with Gasteiger partial charge in [0, 0.05) is 9.74 Å². The fourth-order valence-electron chi connectivity index (χ4n) is 5.98. The Labute approximate surface area is 124 Å². The normalized spacial score (nSPS) is 47.4. The molecule has 4 bridgehead atoms. The summed E-state index contributed by atoms with van der Waals surface area (Å²) < 4.78 is 0.317. The molecule has 4 rings (SSSR count). The van der Waals surface area contributed by atoms with E-state index in [1.165, 1.54) is 19.3 Å². The summed E-state index contributed by atoms with van der Waals surface area (Å²) in [6.07, 6.45) is 6.11. The van der Waals surface area contributed by atoms with Crippen LogP contribution in [0, 0.1) is 57.7 Å². The third-order valence-corrected chi connectivity index (χ3v) is 7.26. The lowest BCUT2D eigenvalue weighted by atomic mass is 9.40. The predicted octanol–water partition coefficient (Wildman–Crippen LogP) is 4.27. The minimum Gasteiger partial charge on any atom is -0.197 e. The van der Waals surface area contributed by atoms with Gasteiger partial charge in [0.25, 0.3) is 0 Å². The lowest BCUT2D eigenvalue weighted by Crippen LogP contribution is -2.62. The molecule has 4 saturated carbocycles. The molecule has 3 heteroatoms. The zero-order chi connectivity index (χ0) is 13.8. The van der Waals surface area contributed by atoms with Crippen LogP contribution in [0.25, 0.3) is 0 Å². The standard InChI is InChI=1S/C16H21BrN2/c1-10(2)16(14(8-18)9-19)12-3-11-4-13(16)7-15(17,5-11)6-12/h10-14H,3-7H2,1-2H3/t11?,12-,13+,15?,16?. The van der Waals surface area contributed by atoms with E-state index in [9.17, 15) is 10.5 Å². The molecule has 0 N–H and O–H groups in total. The van der Waals surface area contributed by atoms with Gasteiger partial charge in [0.1, 0.15) is 5.92 Å². The Kier molecular flexibility index (Phi) is 2.99. The van der Waals surface area contributed by atoms with Crippen LogP contribution in [-0.4, -0.2) is 4.32 Å². The summed E-state index contributed by atoms with van der Waals surface area (Å²) in [4.78, 5) is 0. The number of nitriles is 2. The Hall–Kier alpha value is -0.540. The van der Waals surface area contributed by atoms with Crippen molar-refractivity contribution in [3.8, 4) is 12.1 Å². The second-order valence-electron chi connectivity index (χ2n) is 7.34. The van der Waals surface area contributed by atoms with Crippen LogP contribution in [0.15, 0.2) is 0 Å². The average molecular weight is 321 g/mol. The van der Waals surface area contributed by atoms with E-state index < -0.39 is 5.92 Å². The first-order valence-electron chi connectivity index (χ1n) is 7.44. The summed E-state index contributed by atoms with van der Waals surface area (Å²) in [5.74, 6) is 1.92. The molecule has 0 saturated heterocycles. The second kappa shape index (κ2) is 4.23. The molecule has 102 valence electrons. The SMILES string of the molecule is CC(C)C1(C(C#N)C#N)[C@@H]2CC3C[C@H]1CC(Br)(C3)C2. The summed E-state index contributed by atoms with van der Waals surface area (Å²) in [5.41, 5.74) is -0.0578. The van der Waals surface area contributed by atoms with Gasteiger partial charge in [0.2, 0.25) is 0 Å². The molecule has 0 radical (unpaired) electrons. The highest BCUT2D eigenvalue weighted by molar-refractivity contribution is 9.10. The van der Waals surface area contributed by atoms with Gasteiger partial charge < -0.3 is 0 Å². The fourth-order valence-corrected chi connectivity index (χ4v) is 7.22. The molecule has 2 nitrogen and oxygen atoms in total. The Bertz CT molecular complexity index is 440. The maximum Gasteiger partial charge on any atom is 0.139 e. The van der Waals surface area contributed by atoms with Gasteiger partial charge in [-0.2, -0.15) is 10.5 Å². The van der Waals surface area contributed by atoms with Crippen molar-refractivity contribution in [2.45, 2.75) is 50.3 Å². The van der Waals surface area contributed by atoms with E-state index in [-0.39, 0.29) is 5.41 Å². The largest absolute Gasteiger partial charge is 0.197 e. The Morgan fingerprint density at radius 3 is 1.95 bits per heavy atom. The van der Waals surface area contributed by atoms with Crippen molar-refractivity contribution in [1.82, 2.24) is 0 Å². The van der Waals surface area contributed by atoms with Crippen LogP contribution in [0.3, 0.4) is 0 Å². The Balaban J connectivity index is 2.08. The molecule has 19 heavy (non-hydrogen) atoms. The van der Waals surface area contributed by atoms with Crippen molar-refractivity contribution in [3.05, 3.63) is 0 Å². The van der Waals surface area contributed by atoms with Crippen LogP contribution in [0.2, 0.25) is 0 Å². The summed E-state index contributed by atoms with van der Waals surface area (Å²) in [6.45, 7) is 4.45. The molecule has 0 spiro atoms. The van der Waals surface area contributed by atoms with Crippen molar-refractivity contribution in [1.29, 1.82) is 10.5 Å². The molecule has 4 aliphatic carbocycles. The molecule has 0 aromatic carbocycles. The number of nitrogens with zero attached hydrogens (tertiary/aromatic N) is 2. The van der Waals surface area contributed by atoms with E-state index in [2.05, 4.69) is 41.9 Å². The second-order valence-corrected chi connectivity index (χ2v) is 9.02. The van der Waals surface area contributed by atoms with Gasteiger partial charge in [-0.25, -0.2) is 0 Å². The van der Waals surface area contributed by atoms with Crippen LogP contribution >= 0.6 is 15.9 Å². The number of alkyl halides is 1. The predicted molar refractivity (Wildman–Crippen MR) is 77.2 cm³/mol. The van der Waals surface area contributed by atoms with Crippen LogP contribution in [-0.2, 0) is 0 Å². The van der Waals surface area contributed by atoms with Gasteiger partial charge in [0.15, 0.2) is 0 Å². The van der Waals surface area contributed by atoms with E-state index in [0.29, 0.717) is 22.1 Å². The summed E-state index contributed by atoms with van der Waals surface area (Å²) in [6, 6.07) is 4.68. The van der Waals surface area contributed by atoms with Crippen LogP contribution in [0.4, 0.5) is 0 Å². The molecule has 0 aromatic rings. The monoisotopic (exact) mass is 320 g/mol. The molecule has 0 aromatic heterocycles. The first-order chi connectivity index (χ1) is 8.96. The molecule has 5 atom stereocenters. The van der Waals surface area contributed by atoms with Gasteiger partial charge in [-0.1, -0.05) is 29.8 Å². The highest BCUT2D eigenvalue weighted by Crippen LogP contribution is 2.70. The molecule has 4 aliphatic rings. The third kappa shape index (κ3) is 1.64. The number of hydrogen-bond acceptors (Lipinski definition) is 2. The van der Waals surface area contributed by atoms with Crippen molar-refractivity contribution in [2.75, 3.05) is 0 Å². The maximum absolute atomic E-state index is 9.50. The topological polar surface area (TPSA) is 47.6 Å². The maximum atomic E-state index is 9.50. The minimum atomic E-state index is -0.432. The summed E-state index contributed by atoms with van der Waals surface area (Å²) in [7, 11) is 0. The van der Waals surface area contributed by atoms with E-state index in [1.807, 2.05) is 0 Å². The molecule has 0 aliphatic heterocycles. The van der Waals surface area contributed by atoms with E-state index in [4.69, 9.17) is 0 Å². The van der Waals surface area contributed by atoms with Gasteiger partial charge in [-0.05, 0) is 55.8 Å². The van der Waals surface area contributed by atoms with Gasteiger partial charge in [-0.15, -0.1) is 0 Å². The van der Waals surface area contributed by atoms with Gasteiger partial charge >= 0.3 is 0 Å². The fraction of sp³-hybridized carbons (Fsp3) is 0.875. The summed E-state index contributed by atoms with van der Waals surface area (Å²) in [5, 5.41) is 19.0. The number of halogens is 1. The van der Waals surface area contributed by atoms with Crippen LogP contribution < -0.4 is 0 Å². The number of hydrogen-bond donors (Lipinski definition) is 0. The lowest BCUT2D eigenvalue weighted by Gasteiger charge is -2.66. The Morgan fingerprint density at radius 1 is 1.05 bits per heavy atom. The van der Waals surface area contributed by atoms with Crippen molar-refractivity contribution >= 4 is 15.9 Å². The zero-order valence-electron chi connectivity index (χ0n) is 11.7. The molecule has 0 heterocycles. The molecular formula is C16H21BrN2. The van der Waals surface area contributed by atoms with Crippen molar-refractivity contribution in [2.24, 2.45) is 35.0 Å². The first kappa shape index (κ1) is 13.4. The van der Waals surface area contributed by atoms with Crippen LogP contribution in [0.1, 0.15) is 46.0 Å². The molecule has 4 fully saturated rings. The minimum absolute atomic E-state index is 0.0578. The summed E-state index contributed by atoms with van der Waals surface area (Å²) >= 11 is 3.99. The molecular weight excluding hydrogens is 300 g/mol. The molecule has 3 unspecified atom stereocenters. The van der Waals surface area contributed by atoms with Crippen molar-refractivity contribution < 1.29 is 0 Å². The quantitative estimate of drug-likeness (QED) is 0.713. The smallest absolute Gasteiger partial charge is 0.139 e. The Morgan fingerprint density at radius 2 is 1.58 bits per heavy atom. The molecule has 0 amide bonds. The van der Waals surface area contributed by atoms with E-state index >= 15 is 0 Å². The van der Waals surface area contributed by atoms with Gasteiger partial charge in [-0.3, -0.25) is 0 Å². The highest BCUT2D eigenvalue weighted by atomic mass is 79.9. The van der Waals surface area contributed by atoms with Gasteiger partial charge in [0.05, 0.1) is 12.1 Å². The van der Waals surface area contributed by atoms with Crippen LogP contribution in [0.5, 0.6) is 0 Å². The zero-order valence-corrected chi connectivity index (χ0v) is 13.3. The highest BCUT2D eigenvalue weighted by Gasteiger charge is 2.65. The van der Waals surface area contributed by atoms with Crippen molar-refractivity contribution in [3.63, 3.8) is 0 Å².